The number of rotatable bonds is 3. The molecule has 1 aromatic rings. The van der Waals surface area contributed by atoms with Crippen LogP contribution in [0.1, 0.15) is 64.4 Å². The van der Waals surface area contributed by atoms with Crippen LogP contribution >= 0.6 is 0 Å². The lowest BCUT2D eigenvalue weighted by Gasteiger charge is -2.32. The zero-order valence-electron chi connectivity index (χ0n) is 19.1. The summed E-state index contributed by atoms with van der Waals surface area (Å²) in [5.41, 5.74) is 0.368. The van der Waals surface area contributed by atoms with E-state index in [9.17, 15) is 9.59 Å². The van der Waals surface area contributed by atoms with Crippen LogP contribution in [-0.4, -0.2) is 50.1 Å². The van der Waals surface area contributed by atoms with Crippen molar-refractivity contribution in [1.29, 1.82) is 0 Å². The maximum atomic E-state index is 12.6. The SMILES string of the molecule is COC(=O)c1cc(B2OC(C)(C)C(C)(C)O2)cc(N(C)C(=O)OC(C)(C)C)c1C. The molecule has 0 unspecified atom stereocenters. The van der Waals surface area contributed by atoms with Crippen LogP contribution in [0.3, 0.4) is 0 Å². The number of anilines is 1. The number of methoxy groups -OCH3 is 1. The Morgan fingerprint density at radius 1 is 1.07 bits per heavy atom. The summed E-state index contributed by atoms with van der Waals surface area (Å²) in [7, 11) is 2.24. The van der Waals surface area contributed by atoms with Gasteiger partial charge in [0.25, 0.3) is 0 Å². The number of carbonyl (C=O) groups excluding carboxylic acids is 2. The standard InChI is InChI=1S/C21H32BNO6/c1-13-15(17(24)26-10)11-14(22-28-20(5,6)21(7,8)29-22)12-16(13)23(9)18(25)27-19(2,3)4/h11-12H,1-10H3. The Bertz CT molecular complexity index is 796. The van der Waals surface area contributed by atoms with Crippen LogP contribution in [0, 0.1) is 6.92 Å². The fraction of sp³-hybridized carbons (Fsp3) is 0.619. The Hall–Kier alpha value is -2.06. The van der Waals surface area contributed by atoms with Gasteiger partial charge in [-0.1, -0.05) is 0 Å². The van der Waals surface area contributed by atoms with Crippen molar-refractivity contribution in [1.82, 2.24) is 0 Å². The van der Waals surface area contributed by atoms with E-state index in [1.807, 2.05) is 27.7 Å². The van der Waals surface area contributed by atoms with Crippen molar-refractivity contribution in [3.8, 4) is 0 Å². The molecule has 1 saturated heterocycles. The number of hydrogen-bond acceptors (Lipinski definition) is 6. The van der Waals surface area contributed by atoms with Gasteiger partial charge in [-0.2, -0.15) is 0 Å². The Morgan fingerprint density at radius 3 is 2.03 bits per heavy atom. The van der Waals surface area contributed by atoms with Gasteiger partial charge >= 0.3 is 19.2 Å². The summed E-state index contributed by atoms with van der Waals surface area (Å²) >= 11 is 0. The minimum atomic E-state index is -0.685. The number of esters is 1. The van der Waals surface area contributed by atoms with E-state index >= 15 is 0 Å². The first kappa shape index (κ1) is 23.2. The third kappa shape index (κ3) is 4.75. The first-order chi connectivity index (χ1) is 13.1. The number of carbonyl (C=O) groups is 2. The molecule has 1 amide bonds. The Balaban J connectivity index is 2.53. The van der Waals surface area contributed by atoms with Gasteiger partial charge in [0, 0.05) is 7.05 Å². The molecule has 0 bridgehead atoms. The highest BCUT2D eigenvalue weighted by Gasteiger charge is 2.52. The van der Waals surface area contributed by atoms with Gasteiger partial charge in [0.2, 0.25) is 0 Å². The number of hydrogen-bond donors (Lipinski definition) is 0. The van der Waals surface area contributed by atoms with Crippen molar-refractivity contribution in [2.45, 2.75) is 72.2 Å². The zero-order chi connectivity index (χ0) is 22.4. The van der Waals surface area contributed by atoms with Crippen molar-refractivity contribution >= 4 is 30.3 Å². The minimum Gasteiger partial charge on any atom is -0.465 e. The summed E-state index contributed by atoms with van der Waals surface area (Å²) < 4.78 is 22.7. The normalized spacial score (nSPS) is 17.8. The maximum absolute atomic E-state index is 12.6. The van der Waals surface area contributed by atoms with Crippen molar-refractivity contribution in [2.75, 3.05) is 19.1 Å². The highest BCUT2D eigenvalue weighted by atomic mass is 16.7. The molecule has 1 aliphatic heterocycles. The summed E-state index contributed by atoms with van der Waals surface area (Å²) in [6, 6.07) is 3.48. The molecule has 0 radical (unpaired) electrons. The first-order valence-corrected chi connectivity index (χ1v) is 9.65. The molecule has 7 nitrogen and oxygen atoms in total. The Morgan fingerprint density at radius 2 is 1.59 bits per heavy atom. The molecule has 0 N–H and O–H groups in total. The predicted octanol–water partition coefficient (Wildman–Crippen LogP) is 3.45. The molecular formula is C21H32BNO6. The highest BCUT2D eigenvalue weighted by Crippen LogP contribution is 2.37. The average molecular weight is 405 g/mol. The lowest BCUT2D eigenvalue weighted by atomic mass is 9.77. The topological polar surface area (TPSA) is 74.3 Å². The third-order valence-corrected chi connectivity index (χ3v) is 5.36. The van der Waals surface area contributed by atoms with Crippen LogP contribution in [0.2, 0.25) is 0 Å². The summed E-state index contributed by atoms with van der Waals surface area (Å²) in [5, 5.41) is 0. The largest absolute Gasteiger partial charge is 0.494 e. The van der Waals surface area contributed by atoms with Crippen LogP contribution < -0.4 is 10.4 Å². The smallest absolute Gasteiger partial charge is 0.465 e. The fourth-order valence-corrected chi connectivity index (χ4v) is 2.94. The number of nitrogens with zero attached hydrogens (tertiary/aromatic N) is 1. The van der Waals surface area contributed by atoms with Crippen LogP contribution in [-0.2, 0) is 18.8 Å². The summed E-state index contributed by atoms with van der Waals surface area (Å²) in [5.74, 6) is -0.500. The Kier molecular flexibility index (Phi) is 6.13. The quantitative estimate of drug-likeness (QED) is 0.567. The van der Waals surface area contributed by atoms with E-state index in [0.717, 1.165) is 0 Å². The maximum Gasteiger partial charge on any atom is 0.494 e. The van der Waals surface area contributed by atoms with E-state index in [1.165, 1.54) is 12.0 Å². The second-order valence-corrected chi connectivity index (χ2v) is 9.33. The van der Waals surface area contributed by atoms with Gasteiger partial charge in [-0.3, -0.25) is 4.90 Å². The molecule has 1 fully saturated rings. The van der Waals surface area contributed by atoms with Crippen LogP contribution in [0.5, 0.6) is 0 Å². The number of amides is 1. The van der Waals surface area contributed by atoms with E-state index in [4.69, 9.17) is 18.8 Å². The van der Waals surface area contributed by atoms with Crippen molar-refractivity contribution < 1.29 is 28.4 Å². The molecule has 0 aliphatic carbocycles. The molecule has 0 aromatic heterocycles. The van der Waals surface area contributed by atoms with Crippen LogP contribution in [0.15, 0.2) is 12.1 Å². The highest BCUT2D eigenvalue weighted by molar-refractivity contribution is 6.62. The average Bonchev–Trinajstić information content (AvgIpc) is 2.80. The van der Waals surface area contributed by atoms with Gasteiger partial charge in [0.15, 0.2) is 0 Å². The van der Waals surface area contributed by atoms with Crippen LogP contribution in [0.25, 0.3) is 0 Å². The van der Waals surface area contributed by atoms with Gasteiger partial charge < -0.3 is 18.8 Å². The second-order valence-electron chi connectivity index (χ2n) is 9.33. The summed E-state index contributed by atoms with van der Waals surface area (Å²) in [4.78, 5) is 26.4. The van der Waals surface area contributed by atoms with Crippen molar-refractivity contribution in [3.63, 3.8) is 0 Å². The Labute approximate surface area is 173 Å². The lowest BCUT2D eigenvalue weighted by Crippen LogP contribution is -2.41. The van der Waals surface area contributed by atoms with E-state index in [2.05, 4.69) is 0 Å². The van der Waals surface area contributed by atoms with Crippen molar-refractivity contribution in [2.24, 2.45) is 0 Å². The van der Waals surface area contributed by atoms with Crippen LogP contribution in [0.4, 0.5) is 10.5 Å². The first-order valence-electron chi connectivity index (χ1n) is 9.65. The minimum absolute atomic E-state index is 0.338. The van der Waals surface area contributed by atoms with Gasteiger partial charge in [-0.25, -0.2) is 9.59 Å². The molecule has 1 aliphatic rings. The molecule has 0 saturated carbocycles. The zero-order valence-corrected chi connectivity index (χ0v) is 19.1. The van der Waals surface area contributed by atoms with E-state index in [-0.39, 0.29) is 0 Å². The fourth-order valence-electron chi connectivity index (χ4n) is 2.94. The summed E-state index contributed by atoms with van der Waals surface area (Å²) in [6.07, 6.45) is -0.525. The molecule has 2 rings (SSSR count). The van der Waals surface area contributed by atoms with Gasteiger partial charge in [0.05, 0.1) is 29.6 Å². The van der Waals surface area contributed by atoms with Gasteiger partial charge in [0.1, 0.15) is 5.60 Å². The van der Waals surface area contributed by atoms with E-state index < -0.39 is 36.0 Å². The van der Waals surface area contributed by atoms with E-state index in [1.54, 1.807) is 46.9 Å². The monoisotopic (exact) mass is 405 g/mol. The second kappa shape index (κ2) is 7.65. The molecular weight excluding hydrogens is 373 g/mol. The van der Waals surface area contributed by atoms with E-state index in [0.29, 0.717) is 22.3 Å². The molecule has 8 heteroatoms. The molecule has 0 atom stereocenters. The number of benzene rings is 1. The number of ether oxygens (including phenoxy) is 2. The third-order valence-electron chi connectivity index (χ3n) is 5.36. The van der Waals surface area contributed by atoms with Gasteiger partial charge in [-0.15, -0.1) is 0 Å². The molecule has 160 valence electrons. The molecule has 0 spiro atoms. The predicted molar refractivity (Wildman–Crippen MR) is 113 cm³/mol. The molecule has 29 heavy (non-hydrogen) atoms. The van der Waals surface area contributed by atoms with Crippen molar-refractivity contribution in [3.05, 3.63) is 23.3 Å². The summed E-state index contributed by atoms with van der Waals surface area (Å²) in [6.45, 7) is 15.0. The van der Waals surface area contributed by atoms with Gasteiger partial charge in [-0.05, 0) is 78.5 Å². The molecule has 1 aromatic carbocycles. The lowest BCUT2D eigenvalue weighted by molar-refractivity contribution is 0.00578. The molecule has 1 heterocycles.